The largest absolute Gasteiger partial charge is 0.345 e. The van der Waals surface area contributed by atoms with E-state index in [1.807, 2.05) is 18.3 Å². The predicted octanol–water partition coefficient (Wildman–Crippen LogP) is 2.15. The molecule has 3 heterocycles. The summed E-state index contributed by atoms with van der Waals surface area (Å²) in [6.07, 6.45) is 5.27. The highest BCUT2D eigenvalue weighted by molar-refractivity contribution is 9.10. The molecule has 2 aromatic heterocycles. The van der Waals surface area contributed by atoms with Crippen molar-refractivity contribution in [1.82, 2.24) is 15.0 Å². The molecule has 80 valence electrons. The van der Waals surface area contributed by atoms with Crippen LogP contribution in [0.5, 0.6) is 0 Å². The Bertz CT molecular complexity index is 504. The van der Waals surface area contributed by atoms with Gasteiger partial charge in [-0.25, -0.2) is 15.0 Å². The molecule has 0 unspecified atom stereocenters. The van der Waals surface area contributed by atoms with Gasteiger partial charge in [-0.1, -0.05) is 0 Å². The van der Waals surface area contributed by atoms with Gasteiger partial charge in [0.25, 0.3) is 0 Å². The Hall–Kier alpha value is -1.49. The fourth-order valence-corrected chi connectivity index (χ4v) is 2.37. The molecule has 0 spiro atoms. The number of fused-ring (bicyclic) bond motifs is 1. The summed E-state index contributed by atoms with van der Waals surface area (Å²) in [6, 6.07) is 3.91. The fraction of sp³-hybridized carbons (Fsp3) is 0.182. The second-order valence-corrected chi connectivity index (χ2v) is 4.51. The maximum atomic E-state index is 4.37. The Balaban J connectivity index is 1.95. The fourth-order valence-electron chi connectivity index (χ4n) is 1.86. The number of halogens is 1. The number of pyridine rings is 1. The topological polar surface area (TPSA) is 41.9 Å². The van der Waals surface area contributed by atoms with Gasteiger partial charge in [0.1, 0.15) is 12.1 Å². The highest BCUT2D eigenvalue weighted by Gasteiger charge is 2.22. The lowest BCUT2D eigenvalue weighted by molar-refractivity contribution is 0.845. The molecule has 0 bridgehead atoms. The van der Waals surface area contributed by atoms with Crippen molar-refractivity contribution in [2.24, 2.45) is 0 Å². The van der Waals surface area contributed by atoms with E-state index < -0.39 is 0 Å². The van der Waals surface area contributed by atoms with Crippen LogP contribution in [-0.4, -0.2) is 15.0 Å². The first-order valence-electron chi connectivity index (χ1n) is 4.98. The molecule has 16 heavy (non-hydrogen) atoms. The maximum absolute atomic E-state index is 4.37. The molecular formula is C11H9BrN4. The third kappa shape index (κ3) is 1.57. The summed E-state index contributed by atoms with van der Waals surface area (Å²) in [5, 5.41) is 0. The smallest absolute Gasteiger partial charge is 0.143 e. The SMILES string of the molecule is Brc1cccnc1N1Cc2cncnc2C1. The number of anilines is 1. The molecule has 0 saturated carbocycles. The van der Waals surface area contributed by atoms with Crippen molar-refractivity contribution >= 4 is 21.7 Å². The first kappa shape index (κ1) is 9.72. The molecule has 3 rings (SSSR count). The normalized spacial score (nSPS) is 13.9. The van der Waals surface area contributed by atoms with Crippen LogP contribution in [0.1, 0.15) is 11.3 Å². The lowest BCUT2D eigenvalue weighted by Crippen LogP contribution is -2.16. The summed E-state index contributed by atoms with van der Waals surface area (Å²) in [4.78, 5) is 14.9. The van der Waals surface area contributed by atoms with E-state index in [1.165, 1.54) is 5.56 Å². The molecule has 0 atom stereocenters. The quantitative estimate of drug-likeness (QED) is 0.801. The van der Waals surface area contributed by atoms with Gasteiger partial charge in [0.2, 0.25) is 0 Å². The van der Waals surface area contributed by atoms with E-state index in [9.17, 15) is 0 Å². The summed E-state index contributed by atoms with van der Waals surface area (Å²) in [7, 11) is 0. The Morgan fingerprint density at radius 3 is 3.00 bits per heavy atom. The molecule has 0 amide bonds. The minimum atomic E-state index is 0.799. The van der Waals surface area contributed by atoms with Crippen molar-refractivity contribution in [2.75, 3.05) is 4.90 Å². The van der Waals surface area contributed by atoms with Crippen molar-refractivity contribution < 1.29 is 0 Å². The zero-order valence-electron chi connectivity index (χ0n) is 8.47. The summed E-state index contributed by atoms with van der Waals surface area (Å²) in [5.74, 6) is 0.959. The third-order valence-electron chi connectivity index (χ3n) is 2.62. The maximum Gasteiger partial charge on any atom is 0.143 e. The van der Waals surface area contributed by atoms with Gasteiger partial charge in [0.05, 0.1) is 16.7 Å². The second-order valence-electron chi connectivity index (χ2n) is 3.66. The number of hydrogen-bond donors (Lipinski definition) is 0. The number of hydrogen-bond acceptors (Lipinski definition) is 4. The summed E-state index contributed by atoms with van der Waals surface area (Å²) >= 11 is 3.51. The molecule has 4 nitrogen and oxygen atoms in total. The molecule has 2 aromatic rings. The monoisotopic (exact) mass is 276 g/mol. The minimum Gasteiger partial charge on any atom is -0.345 e. The van der Waals surface area contributed by atoms with Gasteiger partial charge in [-0.3, -0.25) is 0 Å². The van der Waals surface area contributed by atoms with Gasteiger partial charge in [0.15, 0.2) is 0 Å². The van der Waals surface area contributed by atoms with Crippen LogP contribution in [0.2, 0.25) is 0 Å². The van der Waals surface area contributed by atoms with E-state index >= 15 is 0 Å². The van der Waals surface area contributed by atoms with E-state index in [4.69, 9.17) is 0 Å². The van der Waals surface area contributed by atoms with Crippen LogP contribution in [0.4, 0.5) is 5.82 Å². The van der Waals surface area contributed by atoms with E-state index in [2.05, 4.69) is 35.8 Å². The van der Waals surface area contributed by atoms with Gasteiger partial charge in [0, 0.05) is 24.5 Å². The number of aromatic nitrogens is 3. The van der Waals surface area contributed by atoms with Crippen LogP contribution in [0.15, 0.2) is 35.3 Å². The summed E-state index contributed by atoms with van der Waals surface area (Å²) < 4.78 is 1.01. The van der Waals surface area contributed by atoms with E-state index in [1.54, 1.807) is 12.5 Å². The van der Waals surface area contributed by atoms with Gasteiger partial charge in [-0.15, -0.1) is 0 Å². The van der Waals surface area contributed by atoms with Gasteiger partial charge >= 0.3 is 0 Å². The standard InChI is InChI=1S/C11H9BrN4/c12-9-2-1-3-14-11(9)16-5-8-4-13-7-15-10(8)6-16/h1-4,7H,5-6H2. The van der Waals surface area contributed by atoms with Crippen LogP contribution >= 0.6 is 15.9 Å². The average molecular weight is 277 g/mol. The Labute approximate surface area is 101 Å². The third-order valence-corrected chi connectivity index (χ3v) is 3.24. The molecule has 0 aromatic carbocycles. The molecule has 1 aliphatic rings. The second kappa shape index (κ2) is 3.83. The number of rotatable bonds is 1. The molecule has 1 aliphatic heterocycles. The first-order valence-corrected chi connectivity index (χ1v) is 5.77. The molecule has 0 aliphatic carbocycles. The lowest BCUT2D eigenvalue weighted by Gasteiger charge is -2.16. The van der Waals surface area contributed by atoms with Gasteiger partial charge in [-0.2, -0.15) is 0 Å². The summed E-state index contributed by atoms with van der Waals surface area (Å²) in [5.41, 5.74) is 2.27. The number of nitrogens with zero attached hydrogens (tertiary/aromatic N) is 4. The van der Waals surface area contributed by atoms with Crippen LogP contribution in [0.25, 0.3) is 0 Å². The molecule has 0 saturated heterocycles. The summed E-state index contributed by atoms with van der Waals surface area (Å²) in [6.45, 7) is 1.62. The zero-order chi connectivity index (χ0) is 11.0. The van der Waals surface area contributed by atoms with E-state index in [-0.39, 0.29) is 0 Å². The highest BCUT2D eigenvalue weighted by Crippen LogP contribution is 2.29. The Kier molecular flexibility index (Phi) is 2.32. The van der Waals surface area contributed by atoms with Crippen molar-refractivity contribution in [1.29, 1.82) is 0 Å². The van der Waals surface area contributed by atoms with E-state index in [0.717, 1.165) is 29.1 Å². The first-order chi connectivity index (χ1) is 7.84. The van der Waals surface area contributed by atoms with Crippen molar-refractivity contribution in [3.63, 3.8) is 0 Å². The van der Waals surface area contributed by atoms with Gasteiger partial charge < -0.3 is 4.90 Å². The molecular weight excluding hydrogens is 268 g/mol. The highest BCUT2D eigenvalue weighted by atomic mass is 79.9. The van der Waals surface area contributed by atoms with Gasteiger partial charge in [-0.05, 0) is 28.1 Å². The zero-order valence-corrected chi connectivity index (χ0v) is 10.1. The van der Waals surface area contributed by atoms with E-state index in [0.29, 0.717) is 0 Å². The predicted molar refractivity (Wildman–Crippen MR) is 63.9 cm³/mol. The van der Waals surface area contributed by atoms with Crippen molar-refractivity contribution in [2.45, 2.75) is 13.1 Å². The van der Waals surface area contributed by atoms with Crippen molar-refractivity contribution in [3.8, 4) is 0 Å². The minimum absolute atomic E-state index is 0.799. The molecule has 0 fully saturated rings. The Morgan fingerprint density at radius 2 is 2.19 bits per heavy atom. The van der Waals surface area contributed by atoms with Crippen molar-refractivity contribution in [3.05, 3.63) is 46.6 Å². The molecule has 5 heteroatoms. The van der Waals surface area contributed by atoms with Crippen LogP contribution in [0, 0.1) is 0 Å². The lowest BCUT2D eigenvalue weighted by atomic mass is 10.3. The van der Waals surface area contributed by atoms with Crippen LogP contribution in [0.3, 0.4) is 0 Å². The molecule has 0 N–H and O–H groups in total. The Morgan fingerprint density at radius 1 is 1.25 bits per heavy atom. The van der Waals surface area contributed by atoms with Crippen LogP contribution < -0.4 is 4.90 Å². The van der Waals surface area contributed by atoms with Crippen LogP contribution in [-0.2, 0) is 13.1 Å². The molecule has 0 radical (unpaired) electrons. The average Bonchev–Trinajstić information content (AvgIpc) is 2.73.